The molecule has 6 unspecified atom stereocenters. The van der Waals surface area contributed by atoms with Gasteiger partial charge in [0, 0.05) is 12.8 Å². The van der Waals surface area contributed by atoms with Gasteiger partial charge in [-0.3, -0.25) is 18.6 Å². The molecule has 1 rings (SSSR count). The third kappa shape index (κ3) is 28.7. The van der Waals surface area contributed by atoms with Gasteiger partial charge < -0.3 is 39.9 Å². The van der Waals surface area contributed by atoms with Gasteiger partial charge >= 0.3 is 19.8 Å². The molecular formula is C45H85O13P. The number of ether oxygens (including phenoxy) is 2. The zero-order valence-electron chi connectivity index (χ0n) is 36.8. The van der Waals surface area contributed by atoms with Crippen LogP contribution < -0.4 is 0 Å². The molecule has 0 saturated heterocycles. The molecule has 1 aliphatic rings. The van der Waals surface area contributed by atoms with Crippen LogP contribution in [0.15, 0.2) is 12.2 Å². The summed E-state index contributed by atoms with van der Waals surface area (Å²) in [5.41, 5.74) is 0. The van der Waals surface area contributed by atoms with Crippen molar-refractivity contribution >= 4 is 19.8 Å². The lowest BCUT2D eigenvalue weighted by molar-refractivity contribution is -0.220. The summed E-state index contributed by atoms with van der Waals surface area (Å²) in [7, 11) is -5.11. The van der Waals surface area contributed by atoms with E-state index in [-0.39, 0.29) is 12.8 Å². The van der Waals surface area contributed by atoms with Gasteiger partial charge in [0.1, 0.15) is 43.2 Å². The Kier molecular flexibility index (Phi) is 34.0. The highest BCUT2D eigenvalue weighted by Gasteiger charge is 2.51. The average Bonchev–Trinajstić information content (AvgIpc) is 3.21. The molecule has 0 aromatic rings. The highest BCUT2D eigenvalue weighted by atomic mass is 31.2. The van der Waals surface area contributed by atoms with Gasteiger partial charge in [-0.2, -0.15) is 0 Å². The molecule has 1 saturated carbocycles. The standard InChI is InChI=1S/C45H85O13P/c1-3-5-7-9-11-13-15-17-19-20-22-23-25-27-29-31-33-38(46)55-35-37(36-56-59(53,54)58-45-43(51)41(49)40(48)42(50)44(45)52)57-39(47)34-32-30-28-26-24-21-18-16-14-12-10-8-6-4-2/h16,18,37,40-45,48-52H,3-15,17,19-36H2,1-2H3,(H,53,54)/b18-16-. The quantitative estimate of drug-likeness (QED) is 0.0148. The van der Waals surface area contributed by atoms with Crippen LogP contribution in [0.1, 0.15) is 206 Å². The van der Waals surface area contributed by atoms with Crippen LogP contribution in [0.5, 0.6) is 0 Å². The van der Waals surface area contributed by atoms with Crippen LogP contribution in [0.3, 0.4) is 0 Å². The predicted octanol–water partition coefficient (Wildman–Crippen LogP) is 9.06. The lowest BCUT2D eigenvalue weighted by Gasteiger charge is -2.41. The molecule has 348 valence electrons. The first-order chi connectivity index (χ1) is 28.4. The van der Waals surface area contributed by atoms with Crippen molar-refractivity contribution in [3.8, 4) is 0 Å². The molecule has 0 spiro atoms. The highest BCUT2D eigenvalue weighted by Crippen LogP contribution is 2.47. The molecule has 6 N–H and O–H groups in total. The molecule has 0 radical (unpaired) electrons. The van der Waals surface area contributed by atoms with E-state index in [0.29, 0.717) is 12.8 Å². The van der Waals surface area contributed by atoms with Crippen LogP contribution in [0.4, 0.5) is 0 Å². The van der Waals surface area contributed by atoms with Gasteiger partial charge in [0.2, 0.25) is 0 Å². The first-order valence-electron chi connectivity index (χ1n) is 23.5. The molecule has 0 aliphatic heterocycles. The number of allylic oxidation sites excluding steroid dienone is 2. The lowest BCUT2D eigenvalue weighted by Crippen LogP contribution is -2.64. The number of aliphatic hydroxyl groups excluding tert-OH is 5. The summed E-state index contributed by atoms with van der Waals surface area (Å²) >= 11 is 0. The van der Waals surface area contributed by atoms with Crippen molar-refractivity contribution in [3.05, 3.63) is 12.2 Å². The van der Waals surface area contributed by atoms with Crippen molar-refractivity contribution in [3.63, 3.8) is 0 Å². The van der Waals surface area contributed by atoms with E-state index in [1.165, 1.54) is 109 Å². The van der Waals surface area contributed by atoms with Crippen LogP contribution in [-0.2, 0) is 32.7 Å². The second-order valence-electron chi connectivity index (χ2n) is 16.6. The molecule has 0 aromatic heterocycles. The molecule has 0 aromatic carbocycles. The number of rotatable bonds is 39. The molecule has 1 fully saturated rings. The number of hydrogen-bond donors (Lipinski definition) is 6. The van der Waals surface area contributed by atoms with Crippen molar-refractivity contribution < 1.29 is 63.1 Å². The Bertz CT molecular complexity index is 1090. The molecule has 0 amide bonds. The monoisotopic (exact) mass is 865 g/mol. The topological polar surface area (TPSA) is 210 Å². The van der Waals surface area contributed by atoms with Crippen molar-refractivity contribution in [2.24, 2.45) is 0 Å². The SMILES string of the molecule is CCCCCCC/C=C\CCCCCCCC(=O)OC(COC(=O)CCCCCCCCCCCCCCCCCC)COP(=O)(O)OC1C(O)C(O)C(O)C(O)C1O. The van der Waals surface area contributed by atoms with Crippen LogP contribution >= 0.6 is 7.82 Å². The van der Waals surface area contributed by atoms with Crippen molar-refractivity contribution in [1.29, 1.82) is 0 Å². The van der Waals surface area contributed by atoms with E-state index in [1.807, 2.05) is 0 Å². The van der Waals surface area contributed by atoms with E-state index in [4.69, 9.17) is 18.5 Å². The number of unbranched alkanes of at least 4 members (excludes halogenated alkanes) is 25. The number of hydrogen-bond acceptors (Lipinski definition) is 12. The fraction of sp³-hybridized carbons (Fsp3) is 0.911. The Morgan fingerprint density at radius 2 is 0.864 bits per heavy atom. The first-order valence-corrected chi connectivity index (χ1v) is 25.0. The van der Waals surface area contributed by atoms with E-state index in [1.54, 1.807) is 0 Å². The maximum atomic E-state index is 12.8. The number of esters is 2. The maximum absolute atomic E-state index is 12.8. The zero-order valence-corrected chi connectivity index (χ0v) is 37.7. The summed E-state index contributed by atoms with van der Waals surface area (Å²) in [6, 6.07) is 0. The minimum Gasteiger partial charge on any atom is -0.462 e. The third-order valence-electron chi connectivity index (χ3n) is 11.1. The summed E-state index contributed by atoms with van der Waals surface area (Å²) in [5, 5.41) is 50.1. The Balaban J connectivity index is 2.44. The minimum atomic E-state index is -5.11. The largest absolute Gasteiger partial charge is 0.472 e. The van der Waals surface area contributed by atoms with Gasteiger partial charge in [-0.05, 0) is 38.5 Å². The van der Waals surface area contributed by atoms with Crippen molar-refractivity contribution in [2.75, 3.05) is 13.2 Å². The smallest absolute Gasteiger partial charge is 0.462 e. The Labute approximate surface area is 356 Å². The van der Waals surface area contributed by atoms with Crippen molar-refractivity contribution in [2.45, 2.75) is 249 Å². The van der Waals surface area contributed by atoms with Gasteiger partial charge in [0.15, 0.2) is 6.10 Å². The number of carbonyl (C=O) groups is 2. The Hall–Kier alpha value is -1.41. The van der Waals surface area contributed by atoms with E-state index < -0.39 is 75.7 Å². The number of aliphatic hydroxyl groups is 5. The average molecular weight is 865 g/mol. The Morgan fingerprint density at radius 1 is 0.508 bits per heavy atom. The summed E-state index contributed by atoms with van der Waals surface area (Å²) in [5.74, 6) is -1.10. The maximum Gasteiger partial charge on any atom is 0.472 e. The van der Waals surface area contributed by atoms with E-state index >= 15 is 0 Å². The summed E-state index contributed by atoms with van der Waals surface area (Å²) in [6.07, 6.45) is 24.1. The molecule has 0 heterocycles. The molecule has 59 heavy (non-hydrogen) atoms. The van der Waals surface area contributed by atoms with Crippen LogP contribution in [0.2, 0.25) is 0 Å². The van der Waals surface area contributed by atoms with Gasteiger partial charge in [0.05, 0.1) is 6.61 Å². The predicted molar refractivity (Wildman–Crippen MR) is 231 cm³/mol. The van der Waals surface area contributed by atoms with Gasteiger partial charge in [0.25, 0.3) is 0 Å². The molecule has 13 nitrogen and oxygen atoms in total. The van der Waals surface area contributed by atoms with E-state index in [0.717, 1.165) is 57.8 Å². The number of phosphoric ester groups is 1. The summed E-state index contributed by atoms with van der Waals surface area (Å²) in [4.78, 5) is 35.7. The van der Waals surface area contributed by atoms with Crippen LogP contribution in [-0.4, -0.2) is 98.3 Å². The molecule has 6 atom stereocenters. The summed E-state index contributed by atoms with van der Waals surface area (Å²) < 4.78 is 33.5. The summed E-state index contributed by atoms with van der Waals surface area (Å²) in [6.45, 7) is 3.30. The van der Waals surface area contributed by atoms with Gasteiger partial charge in [-0.15, -0.1) is 0 Å². The lowest BCUT2D eigenvalue weighted by atomic mass is 9.85. The second kappa shape index (κ2) is 36.1. The molecule has 14 heteroatoms. The number of phosphoric acid groups is 1. The highest BCUT2D eigenvalue weighted by molar-refractivity contribution is 7.47. The molecular weight excluding hydrogens is 779 g/mol. The molecule has 0 bridgehead atoms. The van der Waals surface area contributed by atoms with E-state index in [9.17, 15) is 44.6 Å². The third-order valence-corrected chi connectivity index (χ3v) is 12.1. The van der Waals surface area contributed by atoms with E-state index in [2.05, 4.69) is 26.0 Å². The fourth-order valence-electron chi connectivity index (χ4n) is 7.28. The molecule has 1 aliphatic carbocycles. The fourth-order valence-corrected chi connectivity index (χ4v) is 8.26. The van der Waals surface area contributed by atoms with Crippen LogP contribution in [0, 0.1) is 0 Å². The first kappa shape index (κ1) is 55.6. The van der Waals surface area contributed by atoms with Gasteiger partial charge in [-0.1, -0.05) is 167 Å². The Morgan fingerprint density at radius 3 is 1.29 bits per heavy atom. The zero-order chi connectivity index (χ0) is 43.6. The van der Waals surface area contributed by atoms with Crippen LogP contribution in [0.25, 0.3) is 0 Å². The number of carbonyl (C=O) groups excluding carboxylic acids is 2. The van der Waals surface area contributed by atoms with Gasteiger partial charge in [-0.25, -0.2) is 4.57 Å². The normalized spacial score (nSPS) is 22.4. The van der Waals surface area contributed by atoms with Crippen molar-refractivity contribution in [1.82, 2.24) is 0 Å². The minimum absolute atomic E-state index is 0.0907. The second-order valence-corrected chi connectivity index (χ2v) is 18.0.